The number of carbonyl (C=O) groups excluding carboxylic acids is 1. The first kappa shape index (κ1) is 15.2. The number of nitrogens with one attached hydrogen (secondary N) is 1. The second-order valence-corrected chi connectivity index (χ2v) is 5.27. The number of benzene rings is 1. The van der Waals surface area contributed by atoms with Crippen LogP contribution in [0.1, 0.15) is 29.6 Å². The maximum atomic E-state index is 11.6. The molecule has 1 unspecified atom stereocenters. The smallest absolute Gasteiger partial charge is 0.270 e. The van der Waals surface area contributed by atoms with Crippen LogP contribution in [0.2, 0.25) is 0 Å². The quantitative estimate of drug-likeness (QED) is 0.643. The molecular formula is C14H20N4O3. The van der Waals surface area contributed by atoms with E-state index in [-0.39, 0.29) is 11.3 Å². The number of nitro benzene ring substituents is 1. The molecule has 1 aromatic carbocycles. The summed E-state index contributed by atoms with van der Waals surface area (Å²) in [5.41, 5.74) is 6.11. The molecule has 1 heterocycles. The van der Waals surface area contributed by atoms with E-state index in [1.54, 1.807) is 6.07 Å². The Hall–Kier alpha value is -2.15. The number of primary amides is 1. The first-order valence-electron chi connectivity index (χ1n) is 7.02. The Morgan fingerprint density at radius 3 is 2.86 bits per heavy atom. The normalized spacial score (nSPS) is 18.8. The summed E-state index contributed by atoms with van der Waals surface area (Å²) in [5.74, 6) is -0.646. The van der Waals surface area contributed by atoms with Crippen molar-refractivity contribution in [2.45, 2.75) is 25.3 Å². The maximum Gasteiger partial charge on any atom is 0.270 e. The number of rotatable bonds is 4. The average Bonchev–Trinajstić information content (AvgIpc) is 2.74. The molecule has 0 spiro atoms. The molecule has 21 heavy (non-hydrogen) atoms. The van der Waals surface area contributed by atoms with Crippen molar-refractivity contribution in [2.24, 2.45) is 5.73 Å². The Morgan fingerprint density at radius 1 is 1.43 bits per heavy atom. The van der Waals surface area contributed by atoms with E-state index >= 15 is 0 Å². The van der Waals surface area contributed by atoms with Crippen LogP contribution in [0, 0.1) is 10.1 Å². The highest BCUT2D eigenvalue weighted by Crippen LogP contribution is 2.28. The lowest BCUT2D eigenvalue weighted by Gasteiger charge is -2.30. The molecule has 0 radical (unpaired) electrons. The van der Waals surface area contributed by atoms with Gasteiger partial charge in [-0.1, -0.05) is 0 Å². The second kappa shape index (κ2) is 6.53. The van der Waals surface area contributed by atoms with Gasteiger partial charge in [-0.25, -0.2) is 0 Å². The average molecular weight is 292 g/mol. The Kier molecular flexibility index (Phi) is 4.74. The van der Waals surface area contributed by atoms with Crippen molar-refractivity contribution < 1.29 is 9.72 Å². The minimum atomic E-state index is -0.646. The van der Waals surface area contributed by atoms with Crippen LogP contribution in [0.3, 0.4) is 0 Å². The van der Waals surface area contributed by atoms with Gasteiger partial charge in [0.05, 0.1) is 10.5 Å². The lowest BCUT2D eigenvalue weighted by atomic mass is 10.0. The fourth-order valence-corrected chi connectivity index (χ4v) is 2.73. The van der Waals surface area contributed by atoms with E-state index in [9.17, 15) is 14.9 Å². The molecule has 1 atom stereocenters. The van der Waals surface area contributed by atoms with Gasteiger partial charge in [0.1, 0.15) is 0 Å². The summed E-state index contributed by atoms with van der Waals surface area (Å²) in [4.78, 5) is 23.9. The monoisotopic (exact) mass is 292 g/mol. The maximum absolute atomic E-state index is 11.6. The lowest BCUT2D eigenvalue weighted by Crippen LogP contribution is -2.34. The van der Waals surface area contributed by atoms with E-state index < -0.39 is 10.8 Å². The SMILES string of the molecule is CN(c1ccc([N+](=O)[O-])cc1C(N)=O)C1CCCNCC1. The first-order valence-corrected chi connectivity index (χ1v) is 7.02. The number of anilines is 1. The number of nitrogens with two attached hydrogens (primary N) is 1. The molecular weight excluding hydrogens is 272 g/mol. The molecule has 1 aliphatic rings. The summed E-state index contributed by atoms with van der Waals surface area (Å²) < 4.78 is 0. The molecule has 0 bridgehead atoms. The largest absolute Gasteiger partial charge is 0.371 e. The van der Waals surface area contributed by atoms with Gasteiger partial charge in [0.2, 0.25) is 0 Å². The summed E-state index contributed by atoms with van der Waals surface area (Å²) in [6.45, 7) is 1.92. The van der Waals surface area contributed by atoms with Crippen LogP contribution in [0.4, 0.5) is 11.4 Å². The van der Waals surface area contributed by atoms with Gasteiger partial charge in [-0.3, -0.25) is 14.9 Å². The third kappa shape index (κ3) is 3.49. The Morgan fingerprint density at radius 2 is 2.19 bits per heavy atom. The lowest BCUT2D eigenvalue weighted by molar-refractivity contribution is -0.384. The van der Waals surface area contributed by atoms with Crippen molar-refractivity contribution in [2.75, 3.05) is 25.0 Å². The van der Waals surface area contributed by atoms with Crippen molar-refractivity contribution in [1.82, 2.24) is 5.32 Å². The van der Waals surface area contributed by atoms with E-state index in [1.807, 2.05) is 11.9 Å². The minimum Gasteiger partial charge on any atom is -0.371 e. The van der Waals surface area contributed by atoms with Gasteiger partial charge >= 0.3 is 0 Å². The fourth-order valence-electron chi connectivity index (χ4n) is 2.73. The van der Waals surface area contributed by atoms with E-state index in [1.165, 1.54) is 12.1 Å². The summed E-state index contributed by atoms with van der Waals surface area (Å²) in [6, 6.07) is 4.56. The summed E-state index contributed by atoms with van der Waals surface area (Å²) in [5, 5.41) is 14.2. The third-order valence-corrected chi connectivity index (χ3v) is 3.93. The topological polar surface area (TPSA) is 102 Å². The van der Waals surface area contributed by atoms with Crippen molar-refractivity contribution in [1.29, 1.82) is 0 Å². The van der Waals surface area contributed by atoms with Crippen molar-refractivity contribution >= 4 is 17.3 Å². The highest BCUT2D eigenvalue weighted by Gasteiger charge is 2.22. The zero-order valence-electron chi connectivity index (χ0n) is 12.0. The highest BCUT2D eigenvalue weighted by molar-refractivity contribution is 5.99. The Balaban J connectivity index is 2.32. The molecule has 1 amide bonds. The number of non-ortho nitro benzene ring substituents is 1. The predicted molar refractivity (Wildman–Crippen MR) is 80.5 cm³/mol. The number of nitrogens with zero attached hydrogens (tertiary/aromatic N) is 2. The van der Waals surface area contributed by atoms with Crippen molar-refractivity contribution in [3.05, 3.63) is 33.9 Å². The second-order valence-electron chi connectivity index (χ2n) is 5.27. The van der Waals surface area contributed by atoms with Crippen LogP contribution in [-0.2, 0) is 0 Å². The predicted octanol–water partition coefficient (Wildman–Crippen LogP) is 1.27. The summed E-state index contributed by atoms with van der Waals surface area (Å²) >= 11 is 0. The number of carbonyl (C=O) groups is 1. The molecule has 1 aliphatic heterocycles. The van der Waals surface area contributed by atoms with Gasteiger partial charge in [0, 0.05) is 30.9 Å². The van der Waals surface area contributed by atoms with Gasteiger partial charge in [0.15, 0.2) is 0 Å². The van der Waals surface area contributed by atoms with Gasteiger partial charge in [-0.2, -0.15) is 0 Å². The fraction of sp³-hybridized carbons (Fsp3) is 0.500. The van der Waals surface area contributed by atoms with Gasteiger partial charge in [-0.05, 0) is 38.4 Å². The van der Waals surface area contributed by atoms with Crippen LogP contribution in [0.25, 0.3) is 0 Å². The van der Waals surface area contributed by atoms with Crippen molar-refractivity contribution in [3.8, 4) is 0 Å². The molecule has 114 valence electrons. The Labute approximate surface area is 123 Å². The number of hydrogen-bond acceptors (Lipinski definition) is 5. The van der Waals surface area contributed by atoms with E-state index in [0.29, 0.717) is 11.7 Å². The van der Waals surface area contributed by atoms with Gasteiger partial charge < -0.3 is 16.0 Å². The van der Waals surface area contributed by atoms with Gasteiger partial charge in [0.25, 0.3) is 11.6 Å². The molecule has 1 fully saturated rings. The molecule has 1 aromatic rings. The molecule has 3 N–H and O–H groups in total. The highest BCUT2D eigenvalue weighted by atomic mass is 16.6. The third-order valence-electron chi connectivity index (χ3n) is 3.93. The van der Waals surface area contributed by atoms with Crippen LogP contribution in [0.5, 0.6) is 0 Å². The number of nitro groups is 1. The van der Waals surface area contributed by atoms with E-state index in [0.717, 1.165) is 32.4 Å². The minimum absolute atomic E-state index is 0.122. The molecule has 0 aromatic heterocycles. The van der Waals surface area contributed by atoms with E-state index in [4.69, 9.17) is 5.73 Å². The van der Waals surface area contributed by atoms with Crippen LogP contribution < -0.4 is 16.0 Å². The van der Waals surface area contributed by atoms with Crippen LogP contribution in [0.15, 0.2) is 18.2 Å². The Bertz CT molecular complexity index is 539. The summed E-state index contributed by atoms with van der Waals surface area (Å²) in [7, 11) is 1.91. The molecule has 7 nitrogen and oxygen atoms in total. The zero-order chi connectivity index (χ0) is 15.4. The van der Waals surface area contributed by atoms with Crippen LogP contribution >= 0.6 is 0 Å². The molecule has 7 heteroatoms. The van der Waals surface area contributed by atoms with Gasteiger partial charge in [-0.15, -0.1) is 0 Å². The number of hydrogen-bond donors (Lipinski definition) is 2. The summed E-state index contributed by atoms with van der Waals surface area (Å²) in [6.07, 6.45) is 3.04. The standard InChI is InChI=1S/C14H20N4O3/c1-17(10-3-2-7-16-8-6-10)13-5-4-11(18(20)21)9-12(13)14(15)19/h4-5,9-10,16H,2-3,6-8H2,1H3,(H2,15,19). The number of amides is 1. The molecule has 2 rings (SSSR count). The molecule has 0 saturated carbocycles. The van der Waals surface area contributed by atoms with Crippen molar-refractivity contribution in [3.63, 3.8) is 0 Å². The molecule has 1 saturated heterocycles. The first-order chi connectivity index (χ1) is 10.0. The van der Waals surface area contributed by atoms with Crippen LogP contribution in [-0.4, -0.2) is 37.0 Å². The molecule has 0 aliphatic carbocycles. The zero-order valence-corrected chi connectivity index (χ0v) is 12.0. The van der Waals surface area contributed by atoms with E-state index in [2.05, 4.69) is 5.32 Å².